The zero-order chi connectivity index (χ0) is 11.1. The highest BCUT2D eigenvalue weighted by molar-refractivity contribution is 5.46. The van der Waals surface area contributed by atoms with E-state index in [9.17, 15) is 0 Å². The monoisotopic (exact) mass is 207 g/mol. The van der Waals surface area contributed by atoms with Crippen LogP contribution in [0.1, 0.15) is 32.3 Å². The van der Waals surface area contributed by atoms with Crippen molar-refractivity contribution in [2.75, 3.05) is 12.3 Å². The van der Waals surface area contributed by atoms with E-state index in [1.165, 1.54) is 12.0 Å². The molecule has 0 aliphatic heterocycles. The van der Waals surface area contributed by atoms with Crippen molar-refractivity contribution in [3.8, 4) is 0 Å². The van der Waals surface area contributed by atoms with Gasteiger partial charge in [-0.3, -0.25) is 0 Å². The minimum absolute atomic E-state index is 0.361. The molecular weight excluding hydrogens is 186 g/mol. The molecule has 0 aliphatic carbocycles. The van der Waals surface area contributed by atoms with Gasteiger partial charge < -0.3 is 10.5 Å². The number of nitrogen functional groups attached to an aromatic ring is 1. The molecule has 0 aromatic heterocycles. The van der Waals surface area contributed by atoms with Crippen molar-refractivity contribution in [2.45, 2.75) is 39.2 Å². The normalized spacial score (nSPS) is 12.7. The van der Waals surface area contributed by atoms with Crippen molar-refractivity contribution < 1.29 is 4.74 Å². The summed E-state index contributed by atoms with van der Waals surface area (Å²) in [6.07, 6.45) is 3.57. The van der Waals surface area contributed by atoms with E-state index in [1.54, 1.807) is 0 Å². The van der Waals surface area contributed by atoms with Gasteiger partial charge in [0, 0.05) is 5.69 Å². The van der Waals surface area contributed by atoms with E-state index >= 15 is 0 Å². The van der Waals surface area contributed by atoms with Crippen LogP contribution >= 0.6 is 0 Å². The molecule has 15 heavy (non-hydrogen) atoms. The number of benzene rings is 1. The number of ether oxygens (including phenoxy) is 1. The Bertz CT molecular complexity index is 286. The standard InChI is InChI=1S/C13H21NO/c1-3-6-11(2)15-10-9-12-7-4-5-8-13(12)14/h4-5,7-8,11H,3,6,9-10,14H2,1-2H3. The van der Waals surface area contributed by atoms with Crippen molar-refractivity contribution >= 4 is 5.69 Å². The molecule has 0 fully saturated rings. The van der Waals surface area contributed by atoms with E-state index < -0.39 is 0 Å². The molecule has 2 heteroatoms. The highest BCUT2D eigenvalue weighted by Gasteiger charge is 2.01. The van der Waals surface area contributed by atoms with Gasteiger partial charge in [0.15, 0.2) is 0 Å². The first-order valence-corrected chi connectivity index (χ1v) is 5.69. The van der Waals surface area contributed by atoms with Crippen molar-refractivity contribution in [1.29, 1.82) is 0 Å². The summed E-state index contributed by atoms with van der Waals surface area (Å²) in [7, 11) is 0. The van der Waals surface area contributed by atoms with Crippen LogP contribution in [0, 0.1) is 0 Å². The molecule has 0 spiro atoms. The van der Waals surface area contributed by atoms with Crippen LogP contribution in [0.15, 0.2) is 24.3 Å². The molecule has 0 radical (unpaired) electrons. The topological polar surface area (TPSA) is 35.2 Å². The molecule has 2 N–H and O–H groups in total. The summed E-state index contributed by atoms with van der Waals surface area (Å²) in [6, 6.07) is 7.97. The smallest absolute Gasteiger partial charge is 0.0547 e. The zero-order valence-electron chi connectivity index (χ0n) is 9.70. The Kier molecular flexibility index (Phi) is 5.19. The van der Waals surface area contributed by atoms with Gasteiger partial charge in [0.05, 0.1) is 12.7 Å². The summed E-state index contributed by atoms with van der Waals surface area (Å²) in [6.45, 7) is 5.06. The second-order valence-electron chi connectivity index (χ2n) is 3.92. The van der Waals surface area contributed by atoms with Gasteiger partial charge in [-0.1, -0.05) is 31.5 Å². The van der Waals surface area contributed by atoms with Gasteiger partial charge >= 0.3 is 0 Å². The number of hydrogen-bond donors (Lipinski definition) is 1. The lowest BCUT2D eigenvalue weighted by atomic mass is 10.1. The minimum atomic E-state index is 0.361. The Balaban J connectivity index is 2.29. The van der Waals surface area contributed by atoms with Crippen LogP contribution in [0.4, 0.5) is 5.69 Å². The average molecular weight is 207 g/mol. The second kappa shape index (κ2) is 6.46. The first-order valence-electron chi connectivity index (χ1n) is 5.69. The van der Waals surface area contributed by atoms with Gasteiger partial charge in [0.1, 0.15) is 0 Å². The summed E-state index contributed by atoms with van der Waals surface area (Å²) in [5, 5.41) is 0. The van der Waals surface area contributed by atoms with E-state index in [0.717, 1.165) is 25.1 Å². The Morgan fingerprint density at radius 3 is 2.73 bits per heavy atom. The molecule has 84 valence electrons. The van der Waals surface area contributed by atoms with Gasteiger partial charge in [-0.05, 0) is 31.4 Å². The summed E-state index contributed by atoms with van der Waals surface area (Å²) in [5.74, 6) is 0. The van der Waals surface area contributed by atoms with E-state index in [1.807, 2.05) is 18.2 Å². The maximum atomic E-state index is 5.84. The van der Waals surface area contributed by atoms with Crippen LogP contribution in [-0.4, -0.2) is 12.7 Å². The molecule has 0 bridgehead atoms. The average Bonchev–Trinajstić information content (AvgIpc) is 2.21. The van der Waals surface area contributed by atoms with Gasteiger partial charge in [-0.15, -0.1) is 0 Å². The van der Waals surface area contributed by atoms with Crippen molar-refractivity contribution in [3.05, 3.63) is 29.8 Å². The Morgan fingerprint density at radius 1 is 1.33 bits per heavy atom. The summed E-state index contributed by atoms with van der Waals surface area (Å²) in [5.41, 5.74) is 7.89. The Labute approximate surface area is 92.4 Å². The molecule has 1 rings (SSSR count). The molecule has 2 nitrogen and oxygen atoms in total. The van der Waals surface area contributed by atoms with E-state index in [0.29, 0.717) is 6.10 Å². The first kappa shape index (κ1) is 12.1. The predicted molar refractivity (Wildman–Crippen MR) is 64.9 cm³/mol. The van der Waals surface area contributed by atoms with Crippen LogP contribution in [-0.2, 0) is 11.2 Å². The lowest BCUT2D eigenvalue weighted by molar-refractivity contribution is 0.0621. The van der Waals surface area contributed by atoms with E-state index in [-0.39, 0.29) is 0 Å². The van der Waals surface area contributed by atoms with Gasteiger partial charge in [-0.25, -0.2) is 0 Å². The van der Waals surface area contributed by atoms with Gasteiger partial charge in [0.25, 0.3) is 0 Å². The molecule has 1 unspecified atom stereocenters. The molecule has 1 aromatic carbocycles. The third-order valence-electron chi connectivity index (χ3n) is 2.52. The molecule has 1 atom stereocenters. The van der Waals surface area contributed by atoms with Crippen LogP contribution in [0.3, 0.4) is 0 Å². The highest BCUT2D eigenvalue weighted by atomic mass is 16.5. The zero-order valence-corrected chi connectivity index (χ0v) is 9.70. The fourth-order valence-corrected chi connectivity index (χ4v) is 1.62. The fraction of sp³-hybridized carbons (Fsp3) is 0.538. The van der Waals surface area contributed by atoms with Crippen molar-refractivity contribution in [1.82, 2.24) is 0 Å². The lowest BCUT2D eigenvalue weighted by Gasteiger charge is -2.12. The van der Waals surface area contributed by atoms with Crippen LogP contribution < -0.4 is 5.73 Å². The Hall–Kier alpha value is -1.02. The number of nitrogens with two attached hydrogens (primary N) is 1. The molecule has 0 saturated heterocycles. The number of hydrogen-bond acceptors (Lipinski definition) is 2. The molecule has 1 aromatic rings. The lowest BCUT2D eigenvalue weighted by Crippen LogP contribution is -2.10. The van der Waals surface area contributed by atoms with Crippen LogP contribution in [0.2, 0.25) is 0 Å². The maximum Gasteiger partial charge on any atom is 0.0547 e. The molecular formula is C13H21NO. The third-order valence-corrected chi connectivity index (χ3v) is 2.52. The third kappa shape index (κ3) is 4.34. The highest BCUT2D eigenvalue weighted by Crippen LogP contribution is 2.11. The van der Waals surface area contributed by atoms with Gasteiger partial charge in [0.2, 0.25) is 0 Å². The van der Waals surface area contributed by atoms with Gasteiger partial charge in [-0.2, -0.15) is 0 Å². The number of rotatable bonds is 6. The first-order chi connectivity index (χ1) is 7.24. The van der Waals surface area contributed by atoms with Crippen molar-refractivity contribution in [2.24, 2.45) is 0 Å². The minimum Gasteiger partial charge on any atom is -0.399 e. The molecule has 0 aliphatic rings. The number of para-hydroxylation sites is 1. The summed E-state index contributed by atoms with van der Waals surface area (Å²) >= 11 is 0. The SMILES string of the molecule is CCCC(C)OCCc1ccccc1N. The van der Waals surface area contributed by atoms with E-state index in [2.05, 4.69) is 19.9 Å². The van der Waals surface area contributed by atoms with E-state index in [4.69, 9.17) is 10.5 Å². The predicted octanol–water partition coefficient (Wildman–Crippen LogP) is 3.02. The maximum absolute atomic E-state index is 5.84. The fourth-order valence-electron chi connectivity index (χ4n) is 1.62. The molecule has 0 saturated carbocycles. The summed E-state index contributed by atoms with van der Waals surface area (Å²) in [4.78, 5) is 0. The van der Waals surface area contributed by atoms with Crippen LogP contribution in [0.5, 0.6) is 0 Å². The van der Waals surface area contributed by atoms with Crippen molar-refractivity contribution in [3.63, 3.8) is 0 Å². The molecule has 0 amide bonds. The Morgan fingerprint density at radius 2 is 2.07 bits per heavy atom. The largest absolute Gasteiger partial charge is 0.399 e. The van der Waals surface area contributed by atoms with Crippen LogP contribution in [0.25, 0.3) is 0 Å². The second-order valence-corrected chi connectivity index (χ2v) is 3.92. The summed E-state index contributed by atoms with van der Waals surface area (Å²) < 4.78 is 5.69. The quantitative estimate of drug-likeness (QED) is 0.728. The molecule has 0 heterocycles. The number of anilines is 1.